The van der Waals surface area contributed by atoms with Gasteiger partial charge in [0, 0.05) is 16.7 Å². The summed E-state index contributed by atoms with van der Waals surface area (Å²) in [6.45, 7) is 0. The maximum atomic E-state index is 12.8. The van der Waals surface area contributed by atoms with Crippen LogP contribution in [0.25, 0.3) is 16.3 Å². The lowest BCUT2D eigenvalue weighted by Gasteiger charge is -2.16. The Morgan fingerprint density at radius 3 is 2.09 bits per heavy atom. The van der Waals surface area contributed by atoms with Crippen LogP contribution in [0.3, 0.4) is 0 Å². The van der Waals surface area contributed by atoms with Gasteiger partial charge in [0.25, 0.3) is 0 Å². The Morgan fingerprint density at radius 2 is 1.23 bits per heavy atom. The van der Waals surface area contributed by atoms with Crippen LogP contribution < -0.4 is 0 Å². The van der Waals surface area contributed by atoms with E-state index in [4.69, 9.17) is 0 Å². The molecule has 3 aromatic carbocycles. The first kappa shape index (κ1) is 12.7. The van der Waals surface area contributed by atoms with Crippen LogP contribution >= 0.6 is 0 Å². The molecule has 0 aromatic heterocycles. The number of Topliss-reactive ketones (excluding diaryl/α,β-unsaturated/α-hetero) is 1. The Hall–Kier alpha value is -3.00. The molecule has 0 bridgehead atoms. The second-order valence-corrected chi connectivity index (χ2v) is 5.32. The molecule has 0 fully saturated rings. The first-order valence-corrected chi connectivity index (χ1v) is 7.13. The highest BCUT2D eigenvalue weighted by atomic mass is 16.1. The third-order valence-corrected chi connectivity index (χ3v) is 4.04. The Kier molecular flexibility index (Phi) is 2.76. The summed E-state index contributed by atoms with van der Waals surface area (Å²) in [7, 11) is 0. The van der Waals surface area contributed by atoms with E-state index in [-0.39, 0.29) is 11.6 Å². The molecule has 22 heavy (non-hydrogen) atoms. The van der Waals surface area contributed by atoms with Crippen LogP contribution in [0.4, 0.5) is 0 Å². The van der Waals surface area contributed by atoms with E-state index >= 15 is 0 Å². The summed E-state index contributed by atoms with van der Waals surface area (Å²) >= 11 is 0. The van der Waals surface area contributed by atoms with Crippen molar-refractivity contribution in [3.05, 3.63) is 89.5 Å². The average molecular weight is 284 g/mol. The molecule has 0 amide bonds. The van der Waals surface area contributed by atoms with Gasteiger partial charge in [-0.05, 0) is 22.4 Å². The SMILES string of the molecule is O=C1C=C(c2cccc3ccccc23)C(=O)c2ccccc21. The second kappa shape index (κ2) is 4.78. The summed E-state index contributed by atoms with van der Waals surface area (Å²) in [6, 6.07) is 20.7. The van der Waals surface area contributed by atoms with Crippen molar-refractivity contribution in [1.82, 2.24) is 0 Å². The van der Waals surface area contributed by atoms with Gasteiger partial charge in [-0.15, -0.1) is 0 Å². The van der Waals surface area contributed by atoms with Crippen molar-refractivity contribution in [3.63, 3.8) is 0 Å². The average Bonchev–Trinajstić information content (AvgIpc) is 2.58. The van der Waals surface area contributed by atoms with Gasteiger partial charge in [-0.3, -0.25) is 9.59 Å². The standard InChI is InChI=1S/C20H12O2/c21-19-12-18(20(22)17-10-4-3-9-16(17)19)15-11-5-7-13-6-1-2-8-14(13)15/h1-12H. The second-order valence-electron chi connectivity index (χ2n) is 5.32. The maximum absolute atomic E-state index is 12.8. The molecule has 1 aliphatic rings. The van der Waals surface area contributed by atoms with Crippen LogP contribution in [0.5, 0.6) is 0 Å². The molecule has 0 unspecified atom stereocenters. The van der Waals surface area contributed by atoms with Crippen LogP contribution in [0.2, 0.25) is 0 Å². The van der Waals surface area contributed by atoms with Gasteiger partial charge in [-0.2, -0.15) is 0 Å². The molecule has 104 valence electrons. The maximum Gasteiger partial charge on any atom is 0.194 e. The Bertz CT molecular complexity index is 959. The molecule has 0 aliphatic heterocycles. The van der Waals surface area contributed by atoms with Gasteiger partial charge in [0.2, 0.25) is 0 Å². The number of hydrogen-bond donors (Lipinski definition) is 0. The third kappa shape index (κ3) is 1.81. The number of carbonyl (C=O) groups excluding carboxylic acids is 2. The van der Waals surface area contributed by atoms with Gasteiger partial charge in [0.15, 0.2) is 11.6 Å². The number of benzene rings is 3. The number of rotatable bonds is 1. The van der Waals surface area contributed by atoms with Crippen LogP contribution in [-0.2, 0) is 0 Å². The summed E-state index contributed by atoms with van der Waals surface area (Å²) in [5, 5.41) is 2.04. The minimum absolute atomic E-state index is 0.0912. The summed E-state index contributed by atoms with van der Waals surface area (Å²) in [5.74, 6) is -0.204. The lowest BCUT2D eigenvalue weighted by atomic mass is 9.85. The molecule has 0 radical (unpaired) electrons. The van der Waals surface area contributed by atoms with Gasteiger partial charge < -0.3 is 0 Å². The highest BCUT2D eigenvalue weighted by molar-refractivity contribution is 6.39. The minimum atomic E-state index is -0.113. The molecule has 0 heterocycles. The molecule has 0 N–H and O–H groups in total. The van der Waals surface area contributed by atoms with Crippen molar-refractivity contribution in [2.24, 2.45) is 0 Å². The highest BCUT2D eigenvalue weighted by Crippen LogP contribution is 2.31. The predicted molar refractivity (Wildman–Crippen MR) is 87.0 cm³/mol. The van der Waals surface area contributed by atoms with E-state index in [0.717, 1.165) is 16.3 Å². The number of fused-ring (bicyclic) bond motifs is 2. The van der Waals surface area contributed by atoms with E-state index in [0.29, 0.717) is 16.7 Å². The van der Waals surface area contributed by atoms with Gasteiger partial charge in [0.05, 0.1) is 0 Å². The quantitative estimate of drug-likeness (QED) is 0.667. The van der Waals surface area contributed by atoms with Crippen molar-refractivity contribution in [1.29, 1.82) is 0 Å². The van der Waals surface area contributed by atoms with Gasteiger partial charge in [-0.1, -0.05) is 66.7 Å². The Labute approximate surface area is 127 Å². The summed E-state index contributed by atoms with van der Waals surface area (Å²) in [4.78, 5) is 25.1. The fraction of sp³-hybridized carbons (Fsp3) is 0. The molecule has 4 rings (SSSR count). The topological polar surface area (TPSA) is 34.1 Å². The molecular formula is C20H12O2. The number of carbonyl (C=O) groups is 2. The first-order chi connectivity index (χ1) is 10.8. The summed E-state index contributed by atoms with van der Waals surface area (Å²) in [5.41, 5.74) is 2.25. The monoisotopic (exact) mass is 284 g/mol. The van der Waals surface area contributed by atoms with Crippen molar-refractivity contribution in [2.45, 2.75) is 0 Å². The zero-order chi connectivity index (χ0) is 15.1. The Morgan fingerprint density at radius 1 is 0.591 bits per heavy atom. The molecule has 0 spiro atoms. The highest BCUT2D eigenvalue weighted by Gasteiger charge is 2.26. The third-order valence-electron chi connectivity index (χ3n) is 4.04. The zero-order valence-electron chi connectivity index (χ0n) is 11.7. The molecule has 3 aromatic rings. The minimum Gasteiger partial charge on any atom is -0.289 e. The Balaban J connectivity index is 1.97. The van der Waals surface area contributed by atoms with Crippen molar-refractivity contribution in [3.8, 4) is 0 Å². The van der Waals surface area contributed by atoms with E-state index in [9.17, 15) is 9.59 Å². The van der Waals surface area contributed by atoms with Crippen LogP contribution in [0.15, 0.2) is 72.8 Å². The van der Waals surface area contributed by atoms with Gasteiger partial charge in [-0.25, -0.2) is 0 Å². The first-order valence-electron chi connectivity index (χ1n) is 7.13. The van der Waals surface area contributed by atoms with Crippen LogP contribution in [-0.4, -0.2) is 11.6 Å². The molecule has 0 saturated carbocycles. The largest absolute Gasteiger partial charge is 0.289 e. The van der Waals surface area contributed by atoms with E-state index < -0.39 is 0 Å². The molecule has 0 saturated heterocycles. The van der Waals surface area contributed by atoms with E-state index in [1.807, 2.05) is 42.5 Å². The fourth-order valence-corrected chi connectivity index (χ4v) is 2.98. The normalized spacial score (nSPS) is 13.9. The van der Waals surface area contributed by atoms with Crippen molar-refractivity contribution < 1.29 is 9.59 Å². The number of ketones is 2. The van der Waals surface area contributed by atoms with Crippen LogP contribution in [0, 0.1) is 0 Å². The smallest absolute Gasteiger partial charge is 0.194 e. The molecule has 2 heteroatoms. The van der Waals surface area contributed by atoms with Crippen molar-refractivity contribution in [2.75, 3.05) is 0 Å². The molecule has 0 atom stereocenters. The number of hydrogen-bond acceptors (Lipinski definition) is 2. The lowest BCUT2D eigenvalue weighted by Crippen LogP contribution is -2.16. The summed E-state index contributed by atoms with van der Waals surface area (Å²) in [6.07, 6.45) is 1.46. The molecular weight excluding hydrogens is 272 g/mol. The lowest BCUT2D eigenvalue weighted by molar-refractivity contribution is 0.100. The number of allylic oxidation sites excluding steroid dienone is 2. The van der Waals surface area contributed by atoms with E-state index in [1.54, 1.807) is 24.3 Å². The van der Waals surface area contributed by atoms with Gasteiger partial charge in [0.1, 0.15) is 0 Å². The van der Waals surface area contributed by atoms with Gasteiger partial charge >= 0.3 is 0 Å². The summed E-state index contributed by atoms with van der Waals surface area (Å²) < 4.78 is 0. The zero-order valence-corrected chi connectivity index (χ0v) is 11.7. The van der Waals surface area contributed by atoms with E-state index in [2.05, 4.69) is 0 Å². The molecule has 1 aliphatic carbocycles. The predicted octanol–water partition coefficient (Wildman–Crippen LogP) is 4.30. The van der Waals surface area contributed by atoms with Crippen molar-refractivity contribution >= 4 is 27.9 Å². The molecule has 2 nitrogen and oxygen atoms in total. The van der Waals surface area contributed by atoms with Crippen LogP contribution in [0.1, 0.15) is 26.3 Å². The fourth-order valence-electron chi connectivity index (χ4n) is 2.98. The van der Waals surface area contributed by atoms with E-state index in [1.165, 1.54) is 6.08 Å².